The second-order valence-corrected chi connectivity index (χ2v) is 13.5. The zero-order valence-corrected chi connectivity index (χ0v) is 24.5. The lowest BCUT2D eigenvalue weighted by atomic mass is 9.96. The number of imidazole rings is 1. The number of aliphatic hydroxyl groups is 5. The van der Waals surface area contributed by atoms with Crippen molar-refractivity contribution in [1.82, 2.24) is 19.5 Å². The highest BCUT2D eigenvalue weighted by atomic mass is 32.5. The molecule has 2 aromatic heterocycles. The number of hydrogen-bond acceptors (Lipinski definition) is 18. The fraction of sp³-hybridized carbons (Fsp3) is 0.737. The molecular weight excluding hydrogens is 632 g/mol. The van der Waals surface area contributed by atoms with Crippen molar-refractivity contribution in [3.8, 4) is 0 Å². The lowest BCUT2D eigenvalue weighted by molar-refractivity contribution is -0.292. The molecule has 0 aliphatic carbocycles. The molecular formula is C19H31N5O15P2S. The summed E-state index contributed by atoms with van der Waals surface area (Å²) in [7, 11) is -2.64. The first-order valence-corrected chi connectivity index (χ1v) is 16.1. The van der Waals surface area contributed by atoms with E-state index in [9.17, 15) is 34.8 Å². The predicted molar refractivity (Wildman–Crippen MR) is 139 cm³/mol. The molecule has 9 N–H and O–H groups in total. The molecule has 4 heterocycles. The van der Waals surface area contributed by atoms with Crippen LogP contribution >= 0.6 is 14.5 Å². The second-order valence-electron chi connectivity index (χ2n) is 9.16. The van der Waals surface area contributed by atoms with Crippen molar-refractivity contribution in [2.75, 3.05) is 33.2 Å². The number of aliphatic hydroxyl groups excluding tert-OH is 5. The lowest BCUT2D eigenvalue weighted by Gasteiger charge is -2.41. The Hall–Kier alpha value is -1.33. The number of rotatable bonds is 12. The Morgan fingerprint density at radius 2 is 1.79 bits per heavy atom. The van der Waals surface area contributed by atoms with Crippen molar-refractivity contribution in [1.29, 1.82) is 0 Å². The maximum Gasteiger partial charge on any atom is 0.481 e. The van der Waals surface area contributed by atoms with Gasteiger partial charge in [-0.25, -0.2) is 23.8 Å². The van der Waals surface area contributed by atoms with Crippen LogP contribution in [0.1, 0.15) is 6.23 Å². The van der Waals surface area contributed by atoms with Crippen LogP contribution in [-0.2, 0) is 48.7 Å². The second kappa shape index (κ2) is 13.3. The summed E-state index contributed by atoms with van der Waals surface area (Å²) >= 11 is 4.84. The largest absolute Gasteiger partial charge is 0.481 e. The van der Waals surface area contributed by atoms with Crippen LogP contribution in [0, 0.1) is 0 Å². The molecule has 2 aromatic rings. The molecule has 0 saturated carbocycles. The normalized spacial score (nSPS) is 35.6. The number of phosphoric acid groups is 1. The van der Waals surface area contributed by atoms with Crippen LogP contribution < -0.4 is 5.73 Å². The van der Waals surface area contributed by atoms with Gasteiger partial charge in [-0.2, -0.15) is 0 Å². The molecule has 42 heavy (non-hydrogen) atoms. The zero-order valence-electron chi connectivity index (χ0n) is 21.9. The highest BCUT2D eigenvalue weighted by Gasteiger charge is 2.51. The Kier molecular flexibility index (Phi) is 10.7. The number of aromatic nitrogens is 4. The fourth-order valence-electron chi connectivity index (χ4n) is 4.51. The van der Waals surface area contributed by atoms with Gasteiger partial charge in [0.05, 0.1) is 19.5 Å². The van der Waals surface area contributed by atoms with Gasteiger partial charge in [0.1, 0.15) is 60.7 Å². The van der Waals surface area contributed by atoms with Crippen molar-refractivity contribution in [3.63, 3.8) is 0 Å². The predicted octanol–water partition coefficient (Wildman–Crippen LogP) is -3.14. The van der Waals surface area contributed by atoms with E-state index in [0.717, 1.165) is 0 Å². The van der Waals surface area contributed by atoms with Crippen LogP contribution in [0.2, 0.25) is 0 Å². The van der Waals surface area contributed by atoms with E-state index in [0.29, 0.717) is 11.2 Å². The average Bonchev–Trinajstić information content (AvgIpc) is 3.52. The monoisotopic (exact) mass is 663 g/mol. The number of hydrogen-bond donors (Lipinski definition) is 8. The molecule has 20 nitrogen and oxygen atoms in total. The maximum atomic E-state index is 12.6. The van der Waals surface area contributed by atoms with Gasteiger partial charge < -0.3 is 64.5 Å². The van der Waals surface area contributed by atoms with Gasteiger partial charge in [0, 0.05) is 14.2 Å². The molecule has 12 atom stereocenters. The molecule has 0 amide bonds. The highest BCUT2D eigenvalue weighted by molar-refractivity contribution is 8.08. The summed E-state index contributed by atoms with van der Waals surface area (Å²) in [5.74, 6) is 0.139. The van der Waals surface area contributed by atoms with Crippen molar-refractivity contribution >= 4 is 43.3 Å². The minimum Gasteiger partial charge on any atom is -0.394 e. The third-order valence-corrected chi connectivity index (χ3v) is 10.0. The van der Waals surface area contributed by atoms with Gasteiger partial charge in [-0.1, -0.05) is 0 Å². The number of nitrogens with zero attached hydrogens (tertiary/aromatic N) is 4. The number of ether oxygens (including phenoxy) is 4. The smallest absolute Gasteiger partial charge is 0.394 e. The van der Waals surface area contributed by atoms with Crippen LogP contribution in [0.3, 0.4) is 0 Å². The maximum absolute atomic E-state index is 12.6. The van der Waals surface area contributed by atoms with Crippen molar-refractivity contribution in [2.45, 2.75) is 61.3 Å². The lowest BCUT2D eigenvalue weighted by Crippen LogP contribution is -2.61. The van der Waals surface area contributed by atoms with Crippen LogP contribution in [-0.4, -0.2) is 137 Å². The van der Waals surface area contributed by atoms with Gasteiger partial charge in [0.2, 0.25) is 0 Å². The van der Waals surface area contributed by atoms with Gasteiger partial charge in [-0.15, -0.1) is 0 Å². The molecule has 0 bridgehead atoms. The summed E-state index contributed by atoms with van der Waals surface area (Å²) in [5.41, 5.74) is 6.50. The fourth-order valence-corrected chi connectivity index (χ4v) is 7.61. The van der Waals surface area contributed by atoms with Crippen molar-refractivity contribution in [3.05, 3.63) is 12.7 Å². The first-order valence-electron chi connectivity index (χ1n) is 12.1. The highest BCUT2D eigenvalue weighted by Crippen LogP contribution is 2.61. The van der Waals surface area contributed by atoms with E-state index in [1.165, 1.54) is 31.4 Å². The Balaban J connectivity index is 1.43. The molecule has 23 heteroatoms. The van der Waals surface area contributed by atoms with Crippen LogP contribution in [0.4, 0.5) is 5.82 Å². The minimum absolute atomic E-state index is 0.139. The number of anilines is 1. The molecule has 4 rings (SSSR count). The van der Waals surface area contributed by atoms with Gasteiger partial charge in [0.15, 0.2) is 24.0 Å². The third-order valence-electron chi connectivity index (χ3n) is 6.51. The van der Waals surface area contributed by atoms with Gasteiger partial charge in [0.25, 0.3) is 0 Å². The number of methoxy groups -OCH3 is 2. The number of fused-ring (bicyclic) bond motifs is 1. The molecule has 2 fully saturated rings. The summed E-state index contributed by atoms with van der Waals surface area (Å²) in [4.78, 5) is 33.0. The molecule has 0 radical (unpaired) electrons. The summed E-state index contributed by atoms with van der Waals surface area (Å²) in [6, 6.07) is 0. The van der Waals surface area contributed by atoms with E-state index >= 15 is 0 Å². The first kappa shape index (κ1) is 33.6. The SMILES string of the molecule is COC1C(OC)[C@@H](COP(O)(=S)OP(=O)(O)O[C@@H]2OC([C@H](O)CO)[C@@H](O)C(O)C2O)O[C@H]1n1cnc2c(N)ncnc21. The molecule has 238 valence electrons. The Morgan fingerprint density at radius 1 is 1.10 bits per heavy atom. The van der Waals surface area contributed by atoms with Gasteiger partial charge >= 0.3 is 14.5 Å². The topological polar surface area (TPSA) is 293 Å². The molecule has 7 unspecified atom stereocenters. The first-order chi connectivity index (χ1) is 19.7. The van der Waals surface area contributed by atoms with Crippen LogP contribution in [0.5, 0.6) is 0 Å². The van der Waals surface area contributed by atoms with Crippen LogP contribution in [0.15, 0.2) is 12.7 Å². The number of phosphoric ester groups is 1. The third kappa shape index (κ3) is 6.98. The van der Waals surface area contributed by atoms with Gasteiger partial charge in [-0.3, -0.25) is 9.09 Å². The van der Waals surface area contributed by atoms with Gasteiger partial charge in [-0.05, 0) is 11.8 Å². The molecule has 2 aliphatic heterocycles. The standard InChI is InChI=1S/C19H31N5O15P2S/c1-33-14-8(36-18(15(14)34-2)24-6-23-9-16(20)21-5-22-17(9)24)4-35-41(32,42)39-40(30,31)38-19-12(29)10(27)11(28)13(37-19)7(26)3-25/h5-8,10-15,18-19,25-29H,3-4H2,1-2H3,(H,30,31)(H,32,42)(H2,20,21,22)/t7-,8-,10?,11+,12?,13?,14?,15?,18-,19+,41?/m1/s1. The molecule has 0 spiro atoms. The van der Waals surface area contributed by atoms with Crippen molar-refractivity contribution in [2.24, 2.45) is 0 Å². The van der Waals surface area contributed by atoms with Crippen molar-refractivity contribution < 1.29 is 72.2 Å². The van der Waals surface area contributed by atoms with E-state index in [1.54, 1.807) is 0 Å². The van der Waals surface area contributed by atoms with E-state index in [4.69, 9.17) is 50.6 Å². The summed E-state index contributed by atoms with van der Waals surface area (Å²) in [5, 5.41) is 49.0. The Morgan fingerprint density at radius 3 is 2.43 bits per heavy atom. The molecule has 2 saturated heterocycles. The van der Waals surface area contributed by atoms with Crippen LogP contribution in [0.25, 0.3) is 11.2 Å². The van der Waals surface area contributed by atoms with E-state index < -0.39 is 89.1 Å². The summed E-state index contributed by atoms with van der Waals surface area (Å²) < 4.78 is 50.9. The average molecular weight is 663 g/mol. The van der Waals surface area contributed by atoms with E-state index in [-0.39, 0.29) is 5.82 Å². The Bertz CT molecular complexity index is 1330. The number of nitrogen functional groups attached to an aromatic ring is 1. The molecule has 0 aromatic carbocycles. The quantitative estimate of drug-likeness (QED) is 0.104. The Labute approximate surface area is 242 Å². The summed E-state index contributed by atoms with van der Waals surface area (Å²) in [6.45, 7) is -6.05. The molecule has 2 aliphatic rings. The zero-order chi connectivity index (χ0) is 31.0. The number of nitrogens with two attached hydrogens (primary N) is 1. The summed E-state index contributed by atoms with van der Waals surface area (Å²) in [6.07, 6.45) is -12.5. The van der Waals surface area contributed by atoms with E-state index in [2.05, 4.69) is 19.3 Å². The van der Waals surface area contributed by atoms with E-state index in [1.807, 2.05) is 0 Å². The minimum atomic E-state index is -5.40.